The van der Waals surface area contributed by atoms with Crippen molar-refractivity contribution in [3.63, 3.8) is 0 Å². The molecule has 1 aliphatic heterocycles. The van der Waals surface area contributed by atoms with Gasteiger partial charge in [0.1, 0.15) is 0 Å². The number of nitrogens with two attached hydrogens (primary N) is 2. The molecule has 1 fully saturated rings. The van der Waals surface area contributed by atoms with Gasteiger partial charge in [0.05, 0.1) is 12.7 Å². The van der Waals surface area contributed by atoms with Crippen molar-refractivity contribution in [1.29, 1.82) is 0 Å². The molecule has 0 aromatic rings. The Balaban J connectivity index is -0.0000000506. The fraction of sp³-hybridized carbons (Fsp3) is 0.889. The zero-order chi connectivity index (χ0) is 7.98. The van der Waals surface area contributed by atoms with E-state index in [0.717, 1.165) is 6.61 Å². The van der Waals surface area contributed by atoms with Crippen LogP contribution in [0, 0.1) is 12.8 Å². The topological polar surface area (TPSA) is 64.6 Å². The Hall–Kier alpha value is 0.984. The van der Waals surface area contributed by atoms with Crippen molar-refractivity contribution in [2.45, 2.75) is 27.9 Å². The Morgan fingerprint density at radius 3 is 1.77 bits per heavy atom. The van der Waals surface area contributed by atoms with E-state index in [1.807, 2.05) is 6.92 Å². The predicted molar refractivity (Wildman–Crippen MR) is 55.8 cm³/mol. The molecule has 81 valence electrons. The van der Waals surface area contributed by atoms with Gasteiger partial charge in [0.2, 0.25) is 0 Å². The summed E-state index contributed by atoms with van der Waals surface area (Å²) in [5.41, 5.74) is 10.2. The van der Waals surface area contributed by atoms with E-state index in [-0.39, 0.29) is 47.6 Å². The minimum absolute atomic E-state index is 0. The summed E-state index contributed by atoms with van der Waals surface area (Å²) in [7, 11) is 0. The predicted octanol–water partition coefficient (Wildman–Crippen LogP) is 1.03. The number of rotatable bonds is 2. The normalized spacial score (nSPS) is 18.9. The van der Waals surface area contributed by atoms with Crippen molar-refractivity contribution in [2.75, 3.05) is 19.7 Å². The van der Waals surface area contributed by atoms with Crippen LogP contribution in [0.5, 0.6) is 0 Å². The first kappa shape index (κ1) is 23.7. The largest absolute Gasteiger partial charge is 0.372 e. The van der Waals surface area contributed by atoms with Crippen LogP contribution in [-0.4, -0.2) is 25.8 Å². The maximum absolute atomic E-state index is 5.11. The van der Waals surface area contributed by atoms with Gasteiger partial charge < -0.3 is 23.1 Å². The number of hydrogen-bond donors (Lipinski definition) is 2. The maximum Gasteiger partial charge on any atom is 0.0931 e. The molecular weight excluding hydrogens is 241 g/mol. The van der Waals surface area contributed by atoms with E-state index in [4.69, 9.17) is 16.2 Å². The van der Waals surface area contributed by atoms with Crippen LogP contribution in [0.2, 0.25) is 0 Å². The van der Waals surface area contributed by atoms with Crippen molar-refractivity contribution >= 4 is 0 Å². The zero-order valence-corrected chi connectivity index (χ0v) is 9.96. The second kappa shape index (κ2) is 15.5. The van der Waals surface area contributed by atoms with Crippen LogP contribution in [0.3, 0.4) is 0 Å². The third-order valence-electron chi connectivity index (χ3n) is 1.07. The average molecular weight is 266 g/mol. The second-order valence-electron chi connectivity index (χ2n) is 2.53. The molecule has 2 atom stereocenters. The first-order valence-electron chi connectivity index (χ1n) is 3.55. The van der Waals surface area contributed by atoms with Gasteiger partial charge in [0.25, 0.3) is 0 Å². The fourth-order valence-electron chi connectivity index (χ4n) is 0.204. The minimum Gasteiger partial charge on any atom is -0.372 e. The standard InChI is InChI=1S/C4H10N.C3H7NO.2CH4.Y/c1-4(2)3-5;4-1-3-2-5-3;;;/h4H,1,3,5H2,2H3;3H,1-2,4H2;2*1H4;/q-1;;;;. The van der Waals surface area contributed by atoms with E-state index < -0.39 is 0 Å². The molecule has 2 unspecified atom stereocenters. The van der Waals surface area contributed by atoms with Gasteiger partial charge in [-0.2, -0.15) is 5.92 Å². The van der Waals surface area contributed by atoms with Gasteiger partial charge >= 0.3 is 0 Å². The van der Waals surface area contributed by atoms with E-state index >= 15 is 0 Å². The van der Waals surface area contributed by atoms with Gasteiger partial charge in [0.15, 0.2) is 0 Å². The summed E-state index contributed by atoms with van der Waals surface area (Å²) in [6.45, 7) is 7.89. The van der Waals surface area contributed by atoms with Gasteiger partial charge in [-0.1, -0.05) is 21.8 Å². The third kappa shape index (κ3) is 24.6. The molecule has 0 aromatic heterocycles. The third-order valence-corrected chi connectivity index (χ3v) is 1.07. The summed E-state index contributed by atoms with van der Waals surface area (Å²) in [6, 6.07) is 0. The van der Waals surface area contributed by atoms with Crippen molar-refractivity contribution < 1.29 is 37.4 Å². The molecule has 1 aliphatic rings. The maximum atomic E-state index is 5.11. The van der Waals surface area contributed by atoms with Gasteiger partial charge in [0, 0.05) is 39.3 Å². The van der Waals surface area contributed by atoms with Gasteiger partial charge in [-0.15, -0.1) is 0 Å². The van der Waals surface area contributed by atoms with E-state index in [9.17, 15) is 0 Å². The molecule has 0 aliphatic carbocycles. The second-order valence-corrected chi connectivity index (χ2v) is 2.53. The molecule has 13 heavy (non-hydrogen) atoms. The molecule has 3 nitrogen and oxygen atoms in total. The van der Waals surface area contributed by atoms with E-state index in [2.05, 4.69) is 6.92 Å². The molecule has 1 rings (SSSR count). The van der Waals surface area contributed by atoms with Crippen molar-refractivity contribution in [2.24, 2.45) is 17.4 Å². The molecule has 0 spiro atoms. The van der Waals surface area contributed by atoms with Crippen LogP contribution in [0.1, 0.15) is 21.8 Å². The molecule has 4 heteroatoms. The monoisotopic (exact) mass is 266 g/mol. The van der Waals surface area contributed by atoms with E-state index in [0.29, 0.717) is 25.1 Å². The number of ether oxygens (including phenoxy) is 1. The smallest absolute Gasteiger partial charge is 0.0931 e. The van der Waals surface area contributed by atoms with E-state index in [1.165, 1.54) is 0 Å². The Morgan fingerprint density at radius 2 is 1.77 bits per heavy atom. The first-order chi connectivity index (χ1) is 4.70. The first-order valence-corrected chi connectivity index (χ1v) is 3.55. The van der Waals surface area contributed by atoms with Gasteiger partial charge in [-0.05, 0) is 6.54 Å². The molecule has 1 heterocycles. The summed E-state index contributed by atoms with van der Waals surface area (Å²) in [6.07, 6.45) is 0.412. The van der Waals surface area contributed by atoms with Crippen LogP contribution in [-0.2, 0) is 37.4 Å². The Kier molecular flexibility index (Phi) is 28.1. The molecule has 0 aromatic carbocycles. The van der Waals surface area contributed by atoms with Gasteiger partial charge in [-0.3, -0.25) is 0 Å². The quantitative estimate of drug-likeness (QED) is 0.579. The average Bonchev–Trinajstić information content (AvgIpc) is 2.70. The Morgan fingerprint density at radius 1 is 1.46 bits per heavy atom. The van der Waals surface area contributed by atoms with Gasteiger partial charge in [-0.25, -0.2) is 0 Å². The van der Waals surface area contributed by atoms with Crippen LogP contribution in [0.4, 0.5) is 0 Å². The zero-order valence-electron chi connectivity index (χ0n) is 7.12. The van der Waals surface area contributed by atoms with Crippen molar-refractivity contribution in [1.82, 2.24) is 0 Å². The van der Waals surface area contributed by atoms with Crippen LogP contribution in [0.15, 0.2) is 0 Å². The van der Waals surface area contributed by atoms with Crippen molar-refractivity contribution in [3.8, 4) is 0 Å². The number of epoxide rings is 1. The SMILES string of the molecule is C.C.NCC1CO1.[CH2-]C(C)CN.[Y]. The van der Waals surface area contributed by atoms with E-state index in [1.54, 1.807) is 0 Å². The molecule has 4 N–H and O–H groups in total. The van der Waals surface area contributed by atoms with Crippen LogP contribution < -0.4 is 11.5 Å². The fourth-order valence-corrected chi connectivity index (χ4v) is 0.204. The molecular formula is C9H25N2OY-. The summed E-state index contributed by atoms with van der Waals surface area (Å²) < 4.78 is 4.73. The van der Waals surface area contributed by atoms with Crippen molar-refractivity contribution in [3.05, 3.63) is 6.92 Å². The molecule has 0 amide bonds. The molecule has 1 radical (unpaired) electrons. The summed E-state index contributed by atoms with van der Waals surface area (Å²) in [5, 5.41) is 0. The Bertz CT molecular complexity index is 76.0. The number of hydrogen-bond acceptors (Lipinski definition) is 3. The minimum atomic E-state index is 0. The molecule has 0 saturated carbocycles. The Labute approximate surface area is 109 Å². The summed E-state index contributed by atoms with van der Waals surface area (Å²) >= 11 is 0. The summed E-state index contributed by atoms with van der Waals surface area (Å²) in [5.74, 6) is 0.412. The summed E-state index contributed by atoms with van der Waals surface area (Å²) in [4.78, 5) is 0. The molecule has 1 saturated heterocycles. The molecule has 0 bridgehead atoms. The van der Waals surface area contributed by atoms with Crippen LogP contribution >= 0.6 is 0 Å². The van der Waals surface area contributed by atoms with Crippen LogP contribution in [0.25, 0.3) is 0 Å².